The van der Waals surface area contributed by atoms with Crippen LogP contribution in [0.3, 0.4) is 0 Å². The Labute approximate surface area is 98.2 Å². The van der Waals surface area contributed by atoms with Crippen LogP contribution >= 0.6 is 0 Å². The van der Waals surface area contributed by atoms with Gasteiger partial charge in [0.25, 0.3) is 0 Å². The van der Waals surface area contributed by atoms with Crippen LogP contribution in [0.5, 0.6) is 5.75 Å². The summed E-state index contributed by atoms with van der Waals surface area (Å²) in [5.41, 5.74) is 1.19. The molecule has 0 spiro atoms. The van der Waals surface area contributed by atoms with Gasteiger partial charge >= 0.3 is 6.09 Å². The average Bonchev–Trinajstić information content (AvgIpc) is 2.27. The van der Waals surface area contributed by atoms with Crippen molar-refractivity contribution in [2.24, 2.45) is 0 Å². The summed E-state index contributed by atoms with van der Waals surface area (Å²) in [5.74, 6) is 0.609. The molecule has 1 aliphatic rings. The number of aliphatic hydroxyl groups is 1. The Kier molecular flexibility index (Phi) is 3.06. The molecule has 0 fully saturated rings. The van der Waals surface area contributed by atoms with Gasteiger partial charge in [0, 0.05) is 5.69 Å². The largest absolute Gasteiger partial charge is 0.484 e. The number of ether oxygens (including phenoxy) is 1. The lowest BCUT2D eigenvalue weighted by Crippen LogP contribution is -2.41. The number of anilines is 2. The molecule has 0 saturated carbocycles. The number of hydrogen-bond donors (Lipinski definition) is 4. The van der Waals surface area contributed by atoms with Gasteiger partial charge in [-0.25, -0.2) is 4.79 Å². The van der Waals surface area contributed by atoms with Crippen molar-refractivity contribution >= 4 is 17.5 Å². The second-order valence-electron chi connectivity index (χ2n) is 3.91. The molecular formula is C11H14N2O4. The van der Waals surface area contributed by atoms with E-state index in [1.807, 2.05) is 6.92 Å². The highest BCUT2D eigenvalue weighted by molar-refractivity contribution is 5.84. The standard InChI is InChI=1S/C11H14N2O4/c1-6-10(5-14)17-9-3-2-7(13-11(15)16)4-8(9)12-6/h2-4,6,10,12-14H,5H2,1H3,(H,15,16)/t6-,10-/m0/s1. The first kappa shape index (κ1) is 11.5. The van der Waals surface area contributed by atoms with Crippen molar-refractivity contribution < 1.29 is 19.7 Å². The van der Waals surface area contributed by atoms with Gasteiger partial charge in [-0.3, -0.25) is 5.32 Å². The highest BCUT2D eigenvalue weighted by atomic mass is 16.5. The van der Waals surface area contributed by atoms with Crippen molar-refractivity contribution in [3.63, 3.8) is 0 Å². The topological polar surface area (TPSA) is 90.8 Å². The van der Waals surface area contributed by atoms with Gasteiger partial charge in [0.05, 0.1) is 18.3 Å². The maximum atomic E-state index is 10.5. The van der Waals surface area contributed by atoms with Crippen LogP contribution in [-0.4, -0.2) is 35.1 Å². The van der Waals surface area contributed by atoms with Gasteiger partial charge in [-0.15, -0.1) is 0 Å². The number of nitrogens with one attached hydrogen (secondary N) is 2. The molecule has 0 saturated heterocycles. The van der Waals surface area contributed by atoms with Crippen LogP contribution in [0.25, 0.3) is 0 Å². The zero-order valence-corrected chi connectivity index (χ0v) is 9.30. The number of benzene rings is 1. The molecule has 2 atom stereocenters. The Balaban J connectivity index is 2.23. The third kappa shape index (κ3) is 2.42. The number of carboxylic acid groups (broad SMARTS) is 1. The first-order valence-corrected chi connectivity index (χ1v) is 5.28. The Morgan fingerprint density at radius 3 is 3.00 bits per heavy atom. The molecule has 1 aromatic rings. The lowest BCUT2D eigenvalue weighted by molar-refractivity contribution is 0.0978. The highest BCUT2D eigenvalue weighted by Gasteiger charge is 2.25. The van der Waals surface area contributed by atoms with Crippen LogP contribution in [-0.2, 0) is 0 Å². The number of fused-ring (bicyclic) bond motifs is 1. The fourth-order valence-electron chi connectivity index (χ4n) is 1.75. The smallest absolute Gasteiger partial charge is 0.409 e. The van der Waals surface area contributed by atoms with Crippen molar-refractivity contribution in [1.82, 2.24) is 0 Å². The Hall–Kier alpha value is -1.95. The van der Waals surface area contributed by atoms with E-state index in [-0.39, 0.29) is 18.8 Å². The fourth-order valence-corrected chi connectivity index (χ4v) is 1.75. The van der Waals surface area contributed by atoms with Crippen LogP contribution in [0.1, 0.15) is 6.92 Å². The third-order valence-electron chi connectivity index (χ3n) is 2.63. The van der Waals surface area contributed by atoms with Crippen molar-refractivity contribution in [3.05, 3.63) is 18.2 Å². The summed E-state index contributed by atoms with van der Waals surface area (Å²) in [4.78, 5) is 10.5. The quantitative estimate of drug-likeness (QED) is 0.624. The number of aliphatic hydroxyl groups excluding tert-OH is 1. The Morgan fingerprint density at radius 1 is 1.59 bits per heavy atom. The van der Waals surface area contributed by atoms with Crippen molar-refractivity contribution in [2.75, 3.05) is 17.2 Å². The molecule has 6 heteroatoms. The molecule has 1 aliphatic heterocycles. The van der Waals surface area contributed by atoms with E-state index in [4.69, 9.17) is 14.9 Å². The third-order valence-corrected chi connectivity index (χ3v) is 2.63. The summed E-state index contributed by atoms with van der Waals surface area (Å²) in [6, 6.07) is 4.90. The first-order valence-electron chi connectivity index (χ1n) is 5.28. The summed E-state index contributed by atoms with van der Waals surface area (Å²) >= 11 is 0. The lowest BCUT2D eigenvalue weighted by Gasteiger charge is -2.32. The predicted molar refractivity (Wildman–Crippen MR) is 62.7 cm³/mol. The maximum Gasteiger partial charge on any atom is 0.409 e. The molecule has 1 amide bonds. The van der Waals surface area contributed by atoms with Crippen LogP contribution in [0.2, 0.25) is 0 Å². The SMILES string of the molecule is C[C@@H]1Nc2cc(NC(=O)O)ccc2O[C@H]1CO. The molecule has 92 valence electrons. The zero-order valence-electron chi connectivity index (χ0n) is 9.30. The number of carbonyl (C=O) groups is 1. The van der Waals surface area contributed by atoms with Crippen molar-refractivity contribution in [2.45, 2.75) is 19.1 Å². The Morgan fingerprint density at radius 2 is 2.35 bits per heavy atom. The number of rotatable bonds is 2. The summed E-state index contributed by atoms with van der Waals surface area (Å²) in [6.45, 7) is 1.82. The van der Waals surface area contributed by atoms with Crippen LogP contribution in [0, 0.1) is 0 Å². The molecule has 0 bridgehead atoms. The van der Waals surface area contributed by atoms with Gasteiger partial charge in [0.15, 0.2) is 0 Å². The summed E-state index contributed by atoms with van der Waals surface area (Å²) < 4.78 is 5.57. The lowest BCUT2D eigenvalue weighted by atomic mass is 10.1. The molecular weight excluding hydrogens is 224 g/mol. The van der Waals surface area contributed by atoms with E-state index in [0.29, 0.717) is 17.1 Å². The van der Waals surface area contributed by atoms with Gasteiger partial charge in [0.2, 0.25) is 0 Å². The molecule has 6 nitrogen and oxygen atoms in total. The minimum Gasteiger partial charge on any atom is -0.484 e. The van der Waals surface area contributed by atoms with E-state index < -0.39 is 6.09 Å². The van der Waals surface area contributed by atoms with E-state index >= 15 is 0 Å². The summed E-state index contributed by atoms with van der Waals surface area (Å²) in [6.07, 6.45) is -1.40. The summed E-state index contributed by atoms with van der Waals surface area (Å²) in [5, 5.41) is 23.1. The van der Waals surface area contributed by atoms with E-state index in [9.17, 15) is 4.79 Å². The average molecular weight is 238 g/mol. The van der Waals surface area contributed by atoms with Gasteiger partial charge in [-0.05, 0) is 25.1 Å². The number of amides is 1. The van der Waals surface area contributed by atoms with E-state index in [2.05, 4.69) is 10.6 Å². The first-order chi connectivity index (χ1) is 8.10. The molecule has 0 radical (unpaired) electrons. The molecule has 1 heterocycles. The van der Waals surface area contributed by atoms with Gasteiger partial charge in [0.1, 0.15) is 11.9 Å². The maximum absolute atomic E-state index is 10.5. The molecule has 2 rings (SSSR count). The molecule has 17 heavy (non-hydrogen) atoms. The zero-order chi connectivity index (χ0) is 12.4. The van der Waals surface area contributed by atoms with Crippen molar-refractivity contribution in [3.8, 4) is 5.75 Å². The molecule has 0 aliphatic carbocycles. The fraction of sp³-hybridized carbons (Fsp3) is 0.364. The second-order valence-corrected chi connectivity index (χ2v) is 3.91. The molecule has 0 unspecified atom stereocenters. The van der Waals surface area contributed by atoms with Gasteiger partial charge < -0.3 is 20.3 Å². The van der Waals surface area contributed by atoms with E-state index in [1.54, 1.807) is 18.2 Å². The molecule has 4 N–H and O–H groups in total. The van der Waals surface area contributed by atoms with Crippen LogP contribution < -0.4 is 15.4 Å². The van der Waals surface area contributed by atoms with Crippen LogP contribution in [0.4, 0.5) is 16.2 Å². The van der Waals surface area contributed by atoms with Crippen molar-refractivity contribution in [1.29, 1.82) is 0 Å². The van der Waals surface area contributed by atoms with Crippen LogP contribution in [0.15, 0.2) is 18.2 Å². The van der Waals surface area contributed by atoms with E-state index in [1.165, 1.54) is 0 Å². The Bertz CT molecular complexity index is 435. The summed E-state index contributed by atoms with van der Waals surface area (Å²) in [7, 11) is 0. The monoisotopic (exact) mass is 238 g/mol. The second kappa shape index (κ2) is 4.50. The molecule has 1 aromatic carbocycles. The van der Waals surface area contributed by atoms with Gasteiger partial charge in [-0.2, -0.15) is 0 Å². The normalized spacial score (nSPS) is 22.0. The van der Waals surface area contributed by atoms with E-state index in [0.717, 1.165) is 0 Å². The minimum absolute atomic E-state index is 0.0346. The predicted octanol–water partition coefficient (Wildman–Crippen LogP) is 1.33. The minimum atomic E-state index is -1.11. The molecule has 0 aromatic heterocycles. The number of hydrogen-bond acceptors (Lipinski definition) is 4. The van der Waals surface area contributed by atoms with Gasteiger partial charge in [-0.1, -0.05) is 0 Å². The highest BCUT2D eigenvalue weighted by Crippen LogP contribution is 2.33.